The van der Waals surface area contributed by atoms with Crippen LogP contribution in [0.4, 0.5) is 13.2 Å². The summed E-state index contributed by atoms with van der Waals surface area (Å²) in [4.78, 5) is 31.9. The zero-order valence-electron chi connectivity index (χ0n) is 33.9. The van der Waals surface area contributed by atoms with Gasteiger partial charge < -0.3 is 24.3 Å². The Morgan fingerprint density at radius 1 is 0.696 bits per heavy atom. The summed E-state index contributed by atoms with van der Waals surface area (Å²) in [5.74, 6) is 1.67. The van der Waals surface area contributed by atoms with Crippen LogP contribution in [0, 0.1) is 11.8 Å². The number of piperidine rings is 2. The Balaban J connectivity index is 0.000000175. The molecule has 6 heterocycles. The Bertz CT molecular complexity index is 2020. The lowest BCUT2D eigenvalue weighted by Crippen LogP contribution is -2.37. The van der Waals surface area contributed by atoms with Crippen molar-refractivity contribution in [2.24, 2.45) is 11.8 Å². The van der Waals surface area contributed by atoms with E-state index in [1.165, 1.54) is 27.9 Å². The summed E-state index contributed by atoms with van der Waals surface area (Å²) in [7, 11) is 0. The Labute approximate surface area is 330 Å². The number of fused-ring (bicyclic) bond motifs is 6. The summed E-state index contributed by atoms with van der Waals surface area (Å²) in [6.45, 7) is 17.3. The Hall–Kier alpha value is -3.83. The molecule has 0 atom stereocenters. The molecule has 2 aromatic carbocycles. The molecular weight excluding hydrogens is 714 g/mol. The second-order valence-electron chi connectivity index (χ2n) is 16.9. The molecule has 0 spiro atoms. The van der Waals surface area contributed by atoms with E-state index >= 15 is 0 Å². The number of rotatable bonds is 8. The minimum Gasteiger partial charge on any atom is -0.344 e. The first-order chi connectivity index (χ1) is 27.0. The van der Waals surface area contributed by atoms with Crippen molar-refractivity contribution in [1.29, 1.82) is 0 Å². The Morgan fingerprint density at radius 2 is 1.20 bits per heavy atom. The van der Waals surface area contributed by atoms with Crippen molar-refractivity contribution >= 4 is 33.6 Å². The number of alkyl halides is 3. The normalized spacial score (nSPS) is 18.6. The average molecular weight is 775 g/mol. The van der Waals surface area contributed by atoms with E-state index in [9.17, 15) is 22.8 Å². The predicted octanol–water partition coefficient (Wildman–Crippen LogP) is 8.80. The molecule has 2 aromatic heterocycles. The van der Waals surface area contributed by atoms with Gasteiger partial charge in [0.25, 0.3) is 11.8 Å². The number of hydrogen-bond donors (Lipinski definition) is 1. The number of likely N-dealkylation sites (tertiary alicyclic amines) is 2. The maximum absolute atomic E-state index is 13.1. The van der Waals surface area contributed by atoms with Gasteiger partial charge in [0.05, 0.1) is 6.42 Å². The van der Waals surface area contributed by atoms with Crippen molar-refractivity contribution in [2.75, 3.05) is 45.8 Å². The number of halogens is 3. The number of carbonyl (C=O) groups excluding carboxylic acids is 2. The van der Waals surface area contributed by atoms with E-state index in [-0.39, 0.29) is 18.4 Å². The van der Waals surface area contributed by atoms with Gasteiger partial charge in [-0.25, -0.2) is 0 Å². The van der Waals surface area contributed by atoms with Gasteiger partial charge in [0.15, 0.2) is 0 Å². The van der Waals surface area contributed by atoms with E-state index in [2.05, 4.69) is 54.3 Å². The zero-order valence-corrected chi connectivity index (χ0v) is 33.9. The van der Waals surface area contributed by atoms with E-state index < -0.39 is 12.6 Å². The summed E-state index contributed by atoms with van der Waals surface area (Å²) in [6.07, 6.45) is 3.34. The lowest BCUT2D eigenvalue weighted by molar-refractivity contribution is -0.138. The molecule has 0 radical (unpaired) electrons. The lowest BCUT2D eigenvalue weighted by atomic mass is 9.98. The van der Waals surface area contributed by atoms with E-state index in [1.807, 2.05) is 39.0 Å². The van der Waals surface area contributed by atoms with Crippen LogP contribution in [0.25, 0.3) is 21.8 Å². The molecule has 304 valence electrons. The quantitative estimate of drug-likeness (QED) is 0.195. The first-order valence-electron chi connectivity index (χ1n) is 21.3. The van der Waals surface area contributed by atoms with E-state index in [1.54, 1.807) is 0 Å². The molecule has 2 amide bonds. The molecule has 0 aliphatic carbocycles. The largest absolute Gasteiger partial charge is 0.390 e. The molecule has 11 heteroatoms. The van der Waals surface area contributed by atoms with Gasteiger partial charge in [0, 0.05) is 129 Å². The van der Waals surface area contributed by atoms with Crippen LogP contribution in [-0.2, 0) is 39.0 Å². The molecule has 8 nitrogen and oxygen atoms in total. The Morgan fingerprint density at radius 3 is 1.70 bits per heavy atom. The molecule has 0 saturated carbocycles. The van der Waals surface area contributed by atoms with Crippen LogP contribution >= 0.6 is 0 Å². The SMILES string of the molecule is CCCn1c2c(c3cc(C(=O)N4CCC(C)CC4)ccc31)CN(CCC(F)(F)F)CC2.CCCn1c2c(c3cc(C(=O)N4CCC(C)CC4)ccc31)CNCC2. The molecule has 0 unspecified atom stereocenters. The van der Waals surface area contributed by atoms with E-state index in [4.69, 9.17) is 0 Å². The molecule has 56 heavy (non-hydrogen) atoms. The van der Waals surface area contributed by atoms with Gasteiger partial charge in [0.2, 0.25) is 0 Å². The number of aromatic nitrogens is 2. The Kier molecular flexibility index (Phi) is 12.5. The second kappa shape index (κ2) is 17.3. The lowest BCUT2D eigenvalue weighted by Gasteiger charge is -2.30. The second-order valence-corrected chi connectivity index (χ2v) is 16.9. The number of nitrogens with one attached hydrogen (secondary N) is 1. The topological polar surface area (TPSA) is 65.8 Å². The third kappa shape index (κ3) is 8.69. The smallest absolute Gasteiger partial charge is 0.344 e. The van der Waals surface area contributed by atoms with Gasteiger partial charge in [-0.1, -0.05) is 27.7 Å². The summed E-state index contributed by atoms with van der Waals surface area (Å²) in [5, 5.41) is 5.79. The van der Waals surface area contributed by atoms with Crippen LogP contribution in [0.1, 0.15) is 116 Å². The van der Waals surface area contributed by atoms with Crippen molar-refractivity contribution in [1.82, 2.24) is 29.2 Å². The number of hydrogen-bond acceptors (Lipinski definition) is 4. The maximum Gasteiger partial charge on any atom is 0.390 e. The first-order valence-corrected chi connectivity index (χ1v) is 21.3. The number of amides is 2. The molecule has 2 fully saturated rings. The standard InChI is InChI=1S/C24H32F3N3O.C21H29N3O/c1-3-10-30-21-5-4-18(23(31)29-12-6-17(2)7-13-29)15-19(21)20-16-28(11-8-22(20)30)14-9-24(25,26)27;1-3-10-24-19-5-4-16(21(25)23-11-7-15(2)8-12-23)13-17(19)18-14-22-9-6-20(18)24/h4-5,15,17H,3,6-14,16H2,1-2H3;4-5,13,15,22H,3,6-12,14H2,1-2H3. The highest BCUT2D eigenvalue weighted by Crippen LogP contribution is 2.34. The van der Waals surface area contributed by atoms with Gasteiger partial charge in [-0.3, -0.25) is 14.5 Å². The molecule has 0 bridgehead atoms. The van der Waals surface area contributed by atoms with Crippen molar-refractivity contribution in [3.05, 3.63) is 70.0 Å². The summed E-state index contributed by atoms with van der Waals surface area (Å²) in [6, 6.07) is 12.3. The fourth-order valence-corrected chi connectivity index (χ4v) is 9.37. The fourth-order valence-electron chi connectivity index (χ4n) is 9.37. The van der Waals surface area contributed by atoms with Crippen molar-refractivity contribution < 1.29 is 22.8 Å². The van der Waals surface area contributed by atoms with Gasteiger partial charge in [-0.15, -0.1) is 0 Å². The average Bonchev–Trinajstić information content (AvgIpc) is 3.68. The molecule has 4 aromatic rings. The predicted molar refractivity (Wildman–Crippen MR) is 218 cm³/mol. The molecular formula is C45H61F3N6O2. The van der Waals surface area contributed by atoms with Crippen molar-refractivity contribution in [3.63, 3.8) is 0 Å². The maximum atomic E-state index is 13.1. The van der Waals surface area contributed by atoms with Crippen LogP contribution in [-0.4, -0.2) is 87.6 Å². The van der Waals surface area contributed by atoms with Crippen molar-refractivity contribution in [2.45, 2.75) is 118 Å². The fraction of sp³-hybridized carbons (Fsp3) is 0.600. The highest BCUT2D eigenvalue weighted by atomic mass is 19.4. The number of nitrogens with zero attached hydrogens (tertiary/aromatic N) is 5. The van der Waals surface area contributed by atoms with Crippen LogP contribution in [0.15, 0.2) is 36.4 Å². The summed E-state index contributed by atoms with van der Waals surface area (Å²) < 4.78 is 43.0. The molecule has 4 aliphatic rings. The number of benzene rings is 2. The molecule has 1 N–H and O–H groups in total. The monoisotopic (exact) mass is 774 g/mol. The van der Waals surface area contributed by atoms with Crippen LogP contribution < -0.4 is 5.32 Å². The van der Waals surface area contributed by atoms with Gasteiger partial charge >= 0.3 is 6.18 Å². The van der Waals surface area contributed by atoms with Gasteiger partial charge in [0.1, 0.15) is 0 Å². The summed E-state index contributed by atoms with van der Waals surface area (Å²) in [5.41, 5.74) is 9.10. The van der Waals surface area contributed by atoms with Crippen molar-refractivity contribution in [3.8, 4) is 0 Å². The van der Waals surface area contributed by atoms with E-state index in [0.29, 0.717) is 24.6 Å². The van der Waals surface area contributed by atoms with Crippen LogP contribution in [0.3, 0.4) is 0 Å². The number of aryl methyl sites for hydroxylation is 2. The van der Waals surface area contributed by atoms with Gasteiger partial charge in [-0.2, -0.15) is 13.2 Å². The van der Waals surface area contributed by atoms with Crippen LogP contribution in [0.2, 0.25) is 0 Å². The molecule has 2 saturated heterocycles. The molecule has 8 rings (SSSR count). The molecule has 4 aliphatic heterocycles. The third-order valence-electron chi connectivity index (χ3n) is 12.7. The van der Waals surface area contributed by atoms with Gasteiger partial charge in [-0.05, 0) is 97.9 Å². The summed E-state index contributed by atoms with van der Waals surface area (Å²) >= 11 is 0. The highest BCUT2D eigenvalue weighted by molar-refractivity contribution is 6.00. The van der Waals surface area contributed by atoms with Crippen LogP contribution in [0.5, 0.6) is 0 Å². The zero-order chi connectivity index (χ0) is 39.6. The number of carbonyl (C=O) groups is 2. The first kappa shape index (κ1) is 40.4. The van der Waals surface area contributed by atoms with E-state index in [0.717, 1.165) is 132 Å². The highest BCUT2D eigenvalue weighted by Gasteiger charge is 2.31. The minimum atomic E-state index is -4.14. The third-order valence-corrected chi connectivity index (χ3v) is 12.7. The minimum absolute atomic E-state index is 0.0218.